The van der Waals surface area contributed by atoms with Gasteiger partial charge in [-0.2, -0.15) is 0 Å². The molecule has 0 atom stereocenters. The molecule has 3 rings (SSSR count). The minimum atomic E-state index is 0.197. The third-order valence-corrected chi connectivity index (χ3v) is 6.20. The standard InChI is InChI=1S/C18H25N5OS2/c1-13-22-15(12-26-13)3-7-20-18(19-2)21-8-4-17(24)23-9-5-16-14(11-23)6-10-25-16/h6,10,12H,3-5,7-9,11H2,1-2H3,(H2,19,20,21). The molecule has 1 aliphatic rings. The number of thiazole rings is 1. The highest BCUT2D eigenvalue weighted by atomic mass is 32.1. The van der Waals surface area contributed by atoms with Gasteiger partial charge in [0.05, 0.1) is 10.7 Å². The first kappa shape index (κ1) is 18.8. The van der Waals surface area contributed by atoms with Crippen molar-refractivity contribution in [3.8, 4) is 0 Å². The van der Waals surface area contributed by atoms with Gasteiger partial charge in [0.2, 0.25) is 5.91 Å². The molecule has 0 saturated heterocycles. The van der Waals surface area contributed by atoms with E-state index in [1.165, 1.54) is 10.4 Å². The van der Waals surface area contributed by atoms with E-state index in [1.807, 2.05) is 11.8 Å². The summed E-state index contributed by atoms with van der Waals surface area (Å²) < 4.78 is 0. The van der Waals surface area contributed by atoms with Gasteiger partial charge in [-0.1, -0.05) is 0 Å². The fourth-order valence-electron chi connectivity index (χ4n) is 2.96. The molecule has 0 fully saturated rings. The summed E-state index contributed by atoms with van der Waals surface area (Å²) >= 11 is 3.46. The summed E-state index contributed by atoms with van der Waals surface area (Å²) in [7, 11) is 1.74. The van der Waals surface area contributed by atoms with Crippen molar-refractivity contribution in [2.24, 2.45) is 4.99 Å². The molecule has 0 aromatic carbocycles. The highest BCUT2D eigenvalue weighted by molar-refractivity contribution is 7.10. The fourth-order valence-corrected chi connectivity index (χ4v) is 4.50. The maximum Gasteiger partial charge on any atom is 0.224 e. The molecular formula is C18H25N5OS2. The van der Waals surface area contributed by atoms with Crippen LogP contribution in [0.3, 0.4) is 0 Å². The first-order valence-electron chi connectivity index (χ1n) is 8.84. The third kappa shape index (κ3) is 5.04. The molecule has 0 saturated carbocycles. The first-order chi connectivity index (χ1) is 12.7. The Morgan fingerprint density at radius 3 is 2.96 bits per heavy atom. The first-order valence-corrected chi connectivity index (χ1v) is 10.6. The molecule has 6 nitrogen and oxygen atoms in total. The zero-order valence-corrected chi connectivity index (χ0v) is 16.9. The second-order valence-corrected chi connectivity index (χ2v) is 8.28. The largest absolute Gasteiger partial charge is 0.356 e. The van der Waals surface area contributed by atoms with Crippen molar-refractivity contribution in [3.63, 3.8) is 0 Å². The summed E-state index contributed by atoms with van der Waals surface area (Å²) in [4.78, 5) is 24.5. The smallest absolute Gasteiger partial charge is 0.224 e. The highest BCUT2D eigenvalue weighted by Gasteiger charge is 2.20. The number of fused-ring (bicyclic) bond motifs is 1. The van der Waals surface area contributed by atoms with E-state index < -0.39 is 0 Å². The number of rotatable bonds is 6. The maximum atomic E-state index is 12.4. The molecule has 0 radical (unpaired) electrons. The van der Waals surface area contributed by atoms with Crippen molar-refractivity contribution in [1.82, 2.24) is 20.5 Å². The summed E-state index contributed by atoms with van der Waals surface area (Å²) in [5.74, 6) is 0.922. The summed E-state index contributed by atoms with van der Waals surface area (Å²) in [5, 5.41) is 11.8. The van der Waals surface area contributed by atoms with E-state index in [0.717, 1.165) is 49.1 Å². The van der Waals surface area contributed by atoms with Crippen molar-refractivity contribution in [2.45, 2.75) is 32.7 Å². The van der Waals surface area contributed by atoms with Gasteiger partial charge in [-0.05, 0) is 30.4 Å². The van der Waals surface area contributed by atoms with E-state index in [1.54, 1.807) is 29.7 Å². The van der Waals surface area contributed by atoms with E-state index >= 15 is 0 Å². The van der Waals surface area contributed by atoms with Gasteiger partial charge < -0.3 is 15.5 Å². The normalized spacial score (nSPS) is 14.2. The van der Waals surface area contributed by atoms with Crippen molar-refractivity contribution in [2.75, 3.05) is 26.7 Å². The van der Waals surface area contributed by atoms with Crippen LogP contribution >= 0.6 is 22.7 Å². The zero-order chi connectivity index (χ0) is 18.4. The Bertz CT molecular complexity index is 767. The number of amides is 1. The van der Waals surface area contributed by atoms with Crippen molar-refractivity contribution >= 4 is 34.5 Å². The summed E-state index contributed by atoms with van der Waals surface area (Å²) in [6.07, 6.45) is 2.32. The predicted molar refractivity (Wildman–Crippen MR) is 108 cm³/mol. The lowest BCUT2D eigenvalue weighted by molar-refractivity contribution is -0.131. The van der Waals surface area contributed by atoms with Crippen LogP contribution in [0.5, 0.6) is 0 Å². The van der Waals surface area contributed by atoms with E-state index in [9.17, 15) is 4.79 Å². The van der Waals surface area contributed by atoms with Gasteiger partial charge in [0.1, 0.15) is 0 Å². The van der Waals surface area contributed by atoms with Gasteiger partial charge in [0.15, 0.2) is 5.96 Å². The van der Waals surface area contributed by atoms with Crippen LogP contribution in [0, 0.1) is 6.92 Å². The number of aliphatic imine (C=N–C) groups is 1. The summed E-state index contributed by atoms with van der Waals surface area (Å²) in [5.41, 5.74) is 2.40. The molecule has 2 aromatic heterocycles. The molecule has 140 valence electrons. The second-order valence-electron chi connectivity index (χ2n) is 6.22. The molecule has 2 N–H and O–H groups in total. The van der Waals surface area contributed by atoms with E-state index in [4.69, 9.17) is 0 Å². The van der Waals surface area contributed by atoms with Crippen molar-refractivity contribution in [3.05, 3.63) is 38.0 Å². The number of nitrogens with one attached hydrogen (secondary N) is 2. The number of carbonyl (C=O) groups is 1. The summed E-state index contributed by atoms with van der Waals surface area (Å²) in [6, 6.07) is 2.13. The van der Waals surface area contributed by atoms with Gasteiger partial charge in [-0.3, -0.25) is 9.79 Å². The van der Waals surface area contributed by atoms with Gasteiger partial charge in [-0.15, -0.1) is 22.7 Å². The average Bonchev–Trinajstić information content (AvgIpc) is 3.28. The molecule has 0 bridgehead atoms. The Hall–Kier alpha value is -1.93. The lowest BCUT2D eigenvalue weighted by Crippen LogP contribution is -2.41. The monoisotopic (exact) mass is 391 g/mol. The van der Waals surface area contributed by atoms with Crippen molar-refractivity contribution in [1.29, 1.82) is 0 Å². The number of hydrogen-bond donors (Lipinski definition) is 2. The van der Waals surface area contributed by atoms with Gasteiger partial charge in [0, 0.05) is 56.3 Å². The van der Waals surface area contributed by atoms with Crippen LogP contribution < -0.4 is 10.6 Å². The lowest BCUT2D eigenvalue weighted by Gasteiger charge is -2.27. The van der Waals surface area contributed by atoms with E-state index in [-0.39, 0.29) is 5.91 Å². The Morgan fingerprint density at radius 1 is 1.35 bits per heavy atom. The van der Waals surface area contributed by atoms with Crippen LogP contribution in [-0.2, 0) is 24.2 Å². The Kier molecular flexibility index (Phi) is 6.62. The maximum absolute atomic E-state index is 12.4. The van der Waals surface area contributed by atoms with Crippen LogP contribution in [0.2, 0.25) is 0 Å². The minimum absolute atomic E-state index is 0.197. The molecule has 1 amide bonds. The molecule has 2 aromatic rings. The number of nitrogens with zero attached hydrogens (tertiary/aromatic N) is 3. The van der Waals surface area contributed by atoms with Crippen LogP contribution in [-0.4, -0.2) is 48.4 Å². The second kappa shape index (κ2) is 9.14. The molecular weight excluding hydrogens is 366 g/mol. The van der Waals surface area contributed by atoms with Crippen LogP contribution in [0.25, 0.3) is 0 Å². The number of hydrogen-bond acceptors (Lipinski definition) is 5. The average molecular weight is 392 g/mol. The molecule has 3 heterocycles. The number of guanidine groups is 1. The SMILES string of the molecule is CN=C(NCCC(=O)N1CCc2sccc2C1)NCCc1csc(C)n1. The lowest BCUT2D eigenvalue weighted by atomic mass is 10.1. The molecule has 0 unspecified atom stereocenters. The van der Waals surface area contributed by atoms with Crippen molar-refractivity contribution < 1.29 is 4.79 Å². The molecule has 1 aliphatic heterocycles. The number of aryl methyl sites for hydroxylation is 1. The van der Waals surface area contributed by atoms with Gasteiger partial charge in [-0.25, -0.2) is 4.98 Å². The van der Waals surface area contributed by atoms with E-state index in [2.05, 4.69) is 37.4 Å². The third-order valence-electron chi connectivity index (χ3n) is 4.36. The highest BCUT2D eigenvalue weighted by Crippen LogP contribution is 2.24. The number of thiophene rings is 1. The quantitative estimate of drug-likeness (QED) is 0.585. The van der Waals surface area contributed by atoms with Gasteiger partial charge >= 0.3 is 0 Å². The molecule has 26 heavy (non-hydrogen) atoms. The minimum Gasteiger partial charge on any atom is -0.356 e. The number of aromatic nitrogens is 1. The van der Waals surface area contributed by atoms with Crippen LogP contribution in [0.1, 0.15) is 27.6 Å². The molecule has 8 heteroatoms. The van der Waals surface area contributed by atoms with E-state index in [0.29, 0.717) is 13.0 Å². The Morgan fingerprint density at radius 2 is 2.19 bits per heavy atom. The topological polar surface area (TPSA) is 69.6 Å². The molecule has 0 spiro atoms. The predicted octanol–water partition coefficient (Wildman–Crippen LogP) is 2.20. The Labute approximate surface area is 162 Å². The fraction of sp³-hybridized carbons (Fsp3) is 0.500. The summed E-state index contributed by atoms with van der Waals surface area (Å²) in [6.45, 7) is 4.94. The van der Waals surface area contributed by atoms with Crippen LogP contribution in [0.15, 0.2) is 21.8 Å². The zero-order valence-electron chi connectivity index (χ0n) is 15.2. The Balaban J connectivity index is 1.35. The number of carbonyl (C=O) groups excluding carboxylic acids is 1. The van der Waals surface area contributed by atoms with Gasteiger partial charge in [0.25, 0.3) is 0 Å². The molecule has 0 aliphatic carbocycles. The van der Waals surface area contributed by atoms with Crippen LogP contribution in [0.4, 0.5) is 0 Å².